The average Bonchev–Trinajstić information content (AvgIpc) is 1.62. The van der Waals surface area contributed by atoms with Crippen molar-refractivity contribution in [1.29, 1.82) is 0 Å². The van der Waals surface area contributed by atoms with Crippen molar-refractivity contribution in [3.63, 3.8) is 0 Å². The summed E-state index contributed by atoms with van der Waals surface area (Å²) in [5.41, 5.74) is 0. The van der Waals surface area contributed by atoms with E-state index < -0.39 is 9.25 Å². The largest absolute Gasteiger partial charge is 0.307 e. The number of carbonyl (C=O) groups is 1. The maximum Gasteiger partial charge on any atom is 0.252 e. The van der Waals surface area contributed by atoms with Crippen LogP contribution in [0.15, 0.2) is 12.7 Å². The van der Waals surface area contributed by atoms with Crippen LogP contribution in [0, 0.1) is 0 Å². The van der Waals surface area contributed by atoms with Gasteiger partial charge in [0.1, 0.15) is 0 Å². The molecule has 0 spiro atoms. The molecule has 0 fully saturated rings. The van der Waals surface area contributed by atoms with Gasteiger partial charge in [-0.1, -0.05) is 6.58 Å². The molecule has 0 heterocycles. The molecule has 4 heteroatoms. The lowest BCUT2D eigenvalue weighted by molar-refractivity contribution is -0.114. The van der Waals surface area contributed by atoms with Crippen molar-refractivity contribution < 1.29 is 4.79 Å². The Kier molecular flexibility index (Phi) is 3.14. The average molecular weight is 165 g/mol. The fourth-order valence-corrected chi connectivity index (χ4v) is 1.13. The molecule has 1 N–H and O–H groups in total. The van der Waals surface area contributed by atoms with Crippen molar-refractivity contribution in [2.45, 2.75) is 0 Å². The van der Waals surface area contributed by atoms with E-state index in [9.17, 15) is 4.79 Å². The number of rotatable bonds is 2. The predicted octanol–water partition coefficient (Wildman–Crippen LogP) is 1.11. The van der Waals surface area contributed by atoms with Gasteiger partial charge in [-0.3, -0.25) is 4.79 Å². The lowest BCUT2D eigenvalue weighted by atomic mass is 10.6. The van der Waals surface area contributed by atoms with Gasteiger partial charge in [0.15, 0.2) is 0 Å². The van der Waals surface area contributed by atoms with Gasteiger partial charge in [0, 0.05) is 0 Å². The van der Waals surface area contributed by atoms with Crippen LogP contribution in [-0.2, 0) is 4.79 Å². The Labute approximate surface area is 62.0 Å². The highest BCUT2D eigenvalue weighted by molar-refractivity contribution is 8.86. The molecule has 0 saturated heterocycles. The first-order valence-corrected chi connectivity index (χ1v) is 5.86. The Bertz CT molecular complexity index is 127. The van der Waals surface area contributed by atoms with Gasteiger partial charge in [-0.25, -0.2) is 0 Å². The highest BCUT2D eigenvalue weighted by Crippen LogP contribution is 2.39. The molecule has 0 radical (unpaired) electrons. The van der Waals surface area contributed by atoms with Crippen molar-refractivity contribution in [3.05, 3.63) is 12.7 Å². The topological polar surface area (TPSA) is 29.1 Å². The Hall–Kier alpha value is -0.0900. The second kappa shape index (κ2) is 3.17. The van der Waals surface area contributed by atoms with E-state index >= 15 is 0 Å². The lowest BCUT2D eigenvalue weighted by Crippen LogP contribution is -2.20. The Morgan fingerprint density at radius 1 is 1.78 bits per heavy atom. The lowest BCUT2D eigenvalue weighted by Gasteiger charge is -2.23. The molecule has 0 unspecified atom stereocenters. The van der Waals surface area contributed by atoms with E-state index in [4.69, 9.17) is 0 Å². The third-order valence-electron chi connectivity index (χ3n) is 0.536. The number of amides is 1. The monoisotopic (exact) mass is 165 g/mol. The van der Waals surface area contributed by atoms with Crippen molar-refractivity contribution >= 4 is 26.8 Å². The highest BCUT2D eigenvalue weighted by atomic mass is 33.1. The summed E-state index contributed by atoms with van der Waals surface area (Å²) in [7, 11) is -1.21. The van der Waals surface area contributed by atoms with Crippen molar-refractivity contribution in [2.24, 2.45) is 0 Å². The molecule has 0 aliphatic rings. The molecule has 54 valence electrons. The van der Waals surface area contributed by atoms with E-state index in [1.807, 2.05) is 12.5 Å². The van der Waals surface area contributed by atoms with Crippen molar-refractivity contribution in [1.82, 2.24) is 4.72 Å². The molecule has 2 nitrogen and oxygen atoms in total. The second-order valence-corrected chi connectivity index (χ2v) is 7.43. The molecule has 0 bridgehead atoms. The van der Waals surface area contributed by atoms with Gasteiger partial charge in [-0.15, -0.1) is 20.9 Å². The van der Waals surface area contributed by atoms with E-state index in [0.29, 0.717) is 0 Å². The van der Waals surface area contributed by atoms with Crippen molar-refractivity contribution in [3.8, 4) is 0 Å². The SMILES string of the molecule is C=CC(=O)NS(C)(C)S. The zero-order valence-electron chi connectivity index (χ0n) is 5.55. The molecule has 0 aromatic carbocycles. The number of nitrogens with one attached hydrogen (secondary N) is 1. The van der Waals surface area contributed by atoms with Gasteiger partial charge >= 0.3 is 0 Å². The standard InChI is InChI=1S/C5H11NOS2/c1-4-5(7)6-9(2,3)8/h4,8H,1H2,2-3H3,(H,6,7). The maximum atomic E-state index is 10.6. The summed E-state index contributed by atoms with van der Waals surface area (Å²) in [5.74, 6) is -0.162. The Balaban J connectivity index is 3.74. The molecule has 0 aliphatic heterocycles. The Morgan fingerprint density at radius 3 is 2.33 bits per heavy atom. The van der Waals surface area contributed by atoms with Gasteiger partial charge in [0.05, 0.1) is 0 Å². The summed E-state index contributed by atoms with van der Waals surface area (Å²) >= 11 is 4.15. The van der Waals surface area contributed by atoms with Crippen LogP contribution in [0.25, 0.3) is 0 Å². The zero-order valence-corrected chi connectivity index (χ0v) is 7.26. The molecular weight excluding hydrogens is 154 g/mol. The number of hydrogen-bond acceptors (Lipinski definition) is 2. The summed E-state index contributed by atoms with van der Waals surface area (Å²) in [5, 5.41) is 0. The summed E-state index contributed by atoms with van der Waals surface area (Å²) in [6.45, 7) is 3.31. The van der Waals surface area contributed by atoms with Gasteiger partial charge in [0.2, 0.25) is 0 Å². The highest BCUT2D eigenvalue weighted by Gasteiger charge is 2.05. The first-order valence-electron chi connectivity index (χ1n) is 2.35. The summed E-state index contributed by atoms with van der Waals surface area (Å²) in [6.07, 6.45) is 4.99. The van der Waals surface area contributed by atoms with Gasteiger partial charge in [0.25, 0.3) is 5.91 Å². The van der Waals surface area contributed by atoms with Crippen LogP contribution in [-0.4, -0.2) is 18.4 Å². The summed E-state index contributed by atoms with van der Waals surface area (Å²) in [4.78, 5) is 10.6. The second-order valence-electron chi connectivity index (χ2n) is 1.94. The number of thiol groups is 1. The van der Waals surface area contributed by atoms with Crippen LogP contribution >= 0.6 is 20.9 Å². The van der Waals surface area contributed by atoms with E-state index in [0.717, 1.165) is 0 Å². The molecule has 0 aliphatic carbocycles. The third kappa shape index (κ3) is 5.79. The minimum absolute atomic E-state index is 0.162. The van der Waals surface area contributed by atoms with Crippen LogP contribution in [0.5, 0.6) is 0 Å². The molecule has 0 saturated carbocycles. The quantitative estimate of drug-likeness (QED) is 0.358. The number of carbonyl (C=O) groups excluding carboxylic acids is 1. The molecular formula is C5H11NOS2. The normalized spacial score (nSPS) is 12.3. The van der Waals surface area contributed by atoms with E-state index in [1.165, 1.54) is 6.08 Å². The van der Waals surface area contributed by atoms with Crippen LogP contribution in [0.3, 0.4) is 0 Å². The minimum atomic E-state index is -1.21. The van der Waals surface area contributed by atoms with Crippen LogP contribution in [0.1, 0.15) is 0 Å². The molecule has 1 amide bonds. The van der Waals surface area contributed by atoms with Crippen LogP contribution < -0.4 is 4.72 Å². The summed E-state index contributed by atoms with van der Waals surface area (Å²) in [6, 6.07) is 0. The molecule has 0 aromatic heterocycles. The minimum Gasteiger partial charge on any atom is -0.307 e. The van der Waals surface area contributed by atoms with Crippen molar-refractivity contribution in [2.75, 3.05) is 12.5 Å². The van der Waals surface area contributed by atoms with E-state index in [1.54, 1.807) is 0 Å². The van der Waals surface area contributed by atoms with Gasteiger partial charge < -0.3 is 4.72 Å². The fraction of sp³-hybridized carbons (Fsp3) is 0.400. The number of hydrogen-bond donors (Lipinski definition) is 2. The van der Waals surface area contributed by atoms with Gasteiger partial charge in [-0.05, 0) is 18.6 Å². The summed E-state index contributed by atoms with van der Waals surface area (Å²) < 4.78 is 2.66. The fourth-order valence-electron chi connectivity index (χ4n) is 0.288. The third-order valence-corrected chi connectivity index (χ3v) is 1.51. The molecule has 0 aromatic rings. The molecule has 9 heavy (non-hydrogen) atoms. The first-order chi connectivity index (χ1) is 3.95. The Morgan fingerprint density at radius 2 is 2.22 bits per heavy atom. The zero-order chi connectivity index (χ0) is 7.49. The smallest absolute Gasteiger partial charge is 0.252 e. The predicted molar refractivity (Wildman–Crippen MR) is 46.8 cm³/mol. The molecule has 0 atom stereocenters. The molecule has 0 rings (SSSR count). The van der Waals surface area contributed by atoms with E-state index in [2.05, 4.69) is 23.0 Å². The van der Waals surface area contributed by atoms with Crippen LogP contribution in [0.2, 0.25) is 0 Å². The first kappa shape index (κ1) is 8.91. The van der Waals surface area contributed by atoms with Crippen LogP contribution in [0.4, 0.5) is 0 Å². The van der Waals surface area contributed by atoms with E-state index in [-0.39, 0.29) is 5.91 Å². The van der Waals surface area contributed by atoms with Gasteiger partial charge in [-0.2, -0.15) is 0 Å². The maximum absolute atomic E-state index is 10.6.